The Labute approximate surface area is 187 Å². The maximum atomic E-state index is 12.5. The number of allylic oxidation sites excluding steroid dienone is 1. The summed E-state index contributed by atoms with van der Waals surface area (Å²) in [5.41, 5.74) is 5.30. The number of ketones is 1. The normalized spacial score (nSPS) is 10.9. The SMILES string of the molecule is C=C(CC)C(=O)c1ccc(OCc2nc(-c3ccc4ccccc4c3)cs2)c(C)c1C. The highest BCUT2D eigenvalue weighted by Crippen LogP contribution is 2.29. The number of hydrogen-bond acceptors (Lipinski definition) is 4. The molecular weight excluding hydrogens is 402 g/mol. The molecule has 156 valence electrons. The van der Waals surface area contributed by atoms with Crippen LogP contribution in [0.5, 0.6) is 5.75 Å². The second kappa shape index (κ2) is 8.86. The molecule has 0 aliphatic heterocycles. The van der Waals surface area contributed by atoms with Crippen molar-refractivity contribution in [2.75, 3.05) is 0 Å². The molecule has 0 unspecified atom stereocenters. The number of aromatic nitrogens is 1. The van der Waals surface area contributed by atoms with Crippen molar-refractivity contribution in [2.45, 2.75) is 33.8 Å². The second-order valence-electron chi connectivity index (χ2n) is 7.62. The van der Waals surface area contributed by atoms with Gasteiger partial charge in [-0.1, -0.05) is 49.9 Å². The summed E-state index contributed by atoms with van der Waals surface area (Å²) in [5, 5.41) is 5.41. The van der Waals surface area contributed by atoms with Gasteiger partial charge in [0.2, 0.25) is 0 Å². The van der Waals surface area contributed by atoms with Gasteiger partial charge in [0.15, 0.2) is 5.78 Å². The topological polar surface area (TPSA) is 39.2 Å². The average Bonchev–Trinajstić information content (AvgIpc) is 3.28. The van der Waals surface area contributed by atoms with Crippen LogP contribution in [0.15, 0.2) is 72.1 Å². The van der Waals surface area contributed by atoms with Crippen LogP contribution in [-0.4, -0.2) is 10.8 Å². The molecule has 0 amide bonds. The summed E-state index contributed by atoms with van der Waals surface area (Å²) in [5.74, 6) is 0.785. The molecule has 0 bridgehead atoms. The fourth-order valence-electron chi connectivity index (χ4n) is 3.55. The van der Waals surface area contributed by atoms with Gasteiger partial charge in [-0.2, -0.15) is 0 Å². The van der Waals surface area contributed by atoms with Crippen LogP contribution in [0.25, 0.3) is 22.0 Å². The molecule has 0 aliphatic rings. The summed E-state index contributed by atoms with van der Waals surface area (Å²) in [6.45, 7) is 10.2. The van der Waals surface area contributed by atoms with E-state index in [4.69, 9.17) is 9.72 Å². The molecular formula is C27H25NO2S. The minimum absolute atomic E-state index is 0.00889. The number of rotatable bonds is 7. The summed E-state index contributed by atoms with van der Waals surface area (Å²) in [4.78, 5) is 17.3. The lowest BCUT2D eigenvalue weighted by molar-refractivity contribution is 0.103. The highest BCUT2D eigenvalue weighted by molar-refractivity contribution is 7.09. The van der Waals surface area contributed by atoms with Gasteiger partial charge in [0.25, 0.3) is 0 Å². The highest BCUT2D eigenvalue weighted by Gasteiger charge is 2.16. The minimum atomic E-state index is 0.00889. The van der Waals surface area contributed by atoms with Crippen molar-refractivity contribution in [3.8, 4) is 17.0 Å². The number of hydrogen-bond donors (Lipinski definition) is 0. The van der Waals surface area contributed by atoms with Gasteiger partial charge in [0, 0.05) is 16.5 Å². The number of Topliss-reactive ketones (excluding diaryl/α,β-unsaturated/α-hetero) is 1. The summed E-state index contributed by atoms with van der Waals surface area (Å²) >= 11 is 1.59. The Bertz CT molecular complexity index is 1290. The fraction of sp³-hybridized carbons (Fsp3) is 0.185. The molecule has 0 aliphatic carbocycles. The van der Waals surface area contributed by atoms with Crippen LogP contribution >= 0.6 is 11.3 Å². The third-order valence-electron chi connectivity index (χ3n) is 5.68. The fourth-order valence-corrected chi connectivity index (χ4v) is 4.26. The number of nitrogens with zero attached hydrogens (tertiary/aromatic N) is 1. The maximum Gasteiger partial charge on any atom is 0.188 e. The molecule has 0 atom stereocenters. The number of thiazole rings is 1. The van der Waals surface area contributed by atoms with E-state index in [0.717, 1.165) is 33.1 Å². The minimum Gasteiger partial charge on any atom is -0.486 e. The van der Waals surface area contributed by atoms with Crippen molar-refractivity contribution >= 4 is 27.9 Å². The highest BCUT2D eigenvalue weighted by atomic mass is 32.1. The number of ether oxygens (including phenoxy) is 1. The third-order valence-corrected chi connectivity index (χ3v) is 6.50. The van der Waals surface area contributed by atoms with E-state index in [-0.39, 0.29) is 5.78 Å². The Hall–Kier alpha value is -3.24. The Balaban J connectivity index is 1.50. The lowest BCUT2D eigenvalue weighted by Crippen LogP contribution is -2.06. The quantitative estimate of drug-likeness (QED) is 0.229. The number of benzene rings is 3. The molecule has 31 heavy (non-hydrogen) atoms. The third kappa shape index (κ3) is 4.30. The van der Waals surface area contributed by atoms with Crippen LogP contribution in [0.1, 0.15) is 39.8 Å². The molecule has 4 rings (SSSR count). The predicted molar refractivity (Wildman–Crippen MR) is 129 cm³/mol. The van der Waals surface area contributed by atoms with Crippen LogP contribution in [0.2, 0.25) is 0 Å². The van der Waals surface area contributed by atoms with Gasteiger partial charge in [0.05, 0.1) is 5.69 Å². The zero-order valence-corrected chi connectivity index (χ0v) is 18.9. The molecule has 4 heteroatoms. The lowest BCUT2D eigenvalue weighted by Gasteiger charge is -2.14. The van der Waals surface area contributed by atoms with Gasteiger partial charge >= 0.3 is 0 Å². The smallest absolute Gasteiger partial charge is 0.188 e. The first-order valence-electron chi connectivity index (χ1n) is 10.4. The summed E-state index contributed by atoms with van der Waals surface area (Å²) in [7, 11) is 0. The molecule has 0 N–H and O–H groups in total. The predicted octanol–water partition coefficient (Wildman–Crippen LogP) is 7.31. The van der Waals surface area contributed by atoms with E-state index in [1.165, 1.54) is 10.8 Å². The van der Waals surface area contributed by atoms with E-state index in [1.807, 2.05) is 45.0 Å². The van der Waals surface area contributed by atoms with Crippen molar-refractivity contribution in [3.63, 3.8) is 0 Å². The monoisotopic (exact) mass is 427 g/mol. The molecule has 1 heterocycles. The molecule has 0 spiro atoms. The zero-order valence-electron chi connectivity index (χ0n) is 18.1. The van der Waals surface area contributed by atoms with Crippen molar-refractivity contribution in [2.24, 2.45) is 0 Å². The molecule has 3 aromatic carbocycles. The Morgan fingerprint density at radius 2 is 1.81 bits per heavy atom. The summed E-state index contributed by atoms with van der Waals surface area (Å²) in [6, 6.07) is 18.4. The summed E-state index contributed by atoms with van der Waals surface area (Å²) in [6.07, 6.45) is 0.652. The Kier molecular flexibility index (Phi) is 6.01. The van der Waals surface area contributed by atoms with Crippen molar-refractivity contribution in [3.05, 3.63) is 93.8 Å². The Morgan fingerprint density at radius 3 is 2.58 bits per heavy atom. The van der Waals surface area contributed by atoms with E-state index in [2.05, 4.69) is 42.3 Å². The van der Waals surface area contributed by atoms with E-state index in [9.17, 15) is 4.79 Å². The van der Waals surface area contributed by atoms with Gasteiger partial charge in [-0.3, -0.25) is 4.79 Å². The number of carbonyl (C=O) groups is 1. The first kappa shape index (κ1) is 21.0. The van der Waals surface area contributed by atoms with Crippen molar-refractivity contribution in [1.29, 1.82) is 0 Å². The van der Waals surface area contributed by atoms with Gasteiger partial charge < -0.3 is 4.74 Å². The Morgan fingerprint density at radius 1 is 1.03 bits per heavy atom. The van der Waals surface area contributed by atoms with Crippen LogP contribution in [-0.2, 0) is 6.61 Å². The second-order valence-corrected chi connectivity index (χ2v) is 8.57. The van der Waals surface area contributed by atoms with E-state index in [1.54, 1.807) is 11.3 Å². The molecule has 4 aromatic rings. The molecule has 0 radical (unpaired) electrons. The van der Waals surface area contributed by atoms with E-state index >= 15 is 0 Å². The van der Waals surface area contributed by atoms with E-state index in [0.29, 0.717) is 24.2 Å². The van der Waals surface area contributed by atoms with Gasteiger partial charge in [0.1, 0.15) is 17.4 Å². The van der Waals surface area contributed by atoms with Crippen LogP contribution in [0.3, 0.4) is 0 Å². The first-order valence-corrected chi connectivity index (χ1v) is 11.2. The van der Waals surface area contributed by atoms with Crippen LogP contribution < -0.4 is 4.74 Å². The number of carbonyl (C=O) groups excluding carboxylic acids is 1. The zero-order chi connectivity index (χ0) is 22.0. The van der Waals surface area contributed by atoms with Gasteiger partial charge in [-0.25, -0.2) is 4.98 Å². The number of fused-ring (bicyclic) bond motifs is 1. The first-order chi connectivity index (χ1) is 15.0. The molecule has 1 aromatic heterocycles. The van der Waals surface area contributed by atoms with E-state index < -0.39 is 0 Å². The maximum absolute atomic E-state index is 12.5. The van der Waals surface area contributed by atoms with Gasteiger partial charge in [-0.15, -0.1) is 11.3 Å². The molecule has 3 nitrogen and oxygen atoms in total. The average molecular weight is 428 g/mol. The largest absolute Gasteiger partial charge is 0.486 e. The van der Waals surface area contributed by atoms with Gasteiger partial charge in [-0.05, 0) is 65.9 Å². The van der Waals surface area contributed by atoms with Crippen LogP contribution in [0.4, 0.5) is 0 Å². The molecule has 0 saturated carbocycles. The molecule has 0 saturated heterocycles. The lowest BCUT2D eigenvalue weighted by atomic mass is 9.95. The van der Waals surface area contributed by atoms with Crippen LogP contribution in [0, 0.1) is 13.8 Å². The summed E-state index contributed by atoms with van der Waals surface area (Å²) < 4.78 is 6.06. The van der Waals surface area contributed by atoms with Crippen molar-refractivity contribution in [1.82, 2.24) is 4.98 Å². The van der Waals surface area contributed by atoms with Crippen molar-refractivity contribution < 1.29 is 9.53 Å². The standard InChI is InChI=1S/C27H25NO2S/c1-5-17(2)27(29)23-12-13-25(19(4)18(23)3)30-15-26-28-24(16-31-26)22-11-10-20-8-6-7-9-21(20)14-22/h6-14,16H,2,5,15H2,1,3-4H3. The molecule has 0 fully saturated rings.